The summed E-state index contributed by atoms with van der Waals surface area (Å²) < 4.78 is 47.0. The first kappa shape index (κ1) is 26.8. The van der Waals surface area contributed by atoms with Crippen LogP contribution in [0.1, 0.15) is 36.6 Å². The highest BCUT2D eigenvalue weighted by atomic mass is 35.5. The number of benzene rings is 1. The van der Waals surface area contributed by atoms with Gasteiger partial charge in [-0.25, -0.2) is 4.98 Å². The molecule has 0 radical (unpaired) electrons. The quantitative estimate of drug-likeness (QED) is 0.380. The number of nitrogens with zero attached hydrogens (tertiary/aromatic N) is 5. The minimum Gasteiger partial charge on any atom is -0.477 e. The third kappa shape index (κ3) is 4.87. The molecule has 11 heteroatoms. The molecular weight excluding hydrogens is 531 g/mol. The summed E-state index contributed by atoms with van der Waals surface area (Å²) in [6, 6.07) is 13.1. The van der Waals surface area contributed by atoms with Crippen LogP contribution in [0.2, 0.25) is 5.02 Å². The molecule has 1 amide bonds. The maximum absolute atomic E-state index is 13.8. The molecule has 7 nitrogen and oxygen atoms in total. The van der Waals surface area contributed by atoms with Crippen LogP contribution in [-0.4, -0.2) is 47.0 Å². The van der Waals surface area contributed by atoms with Crippen LogP contribution < -0.4 is 9.64 Å². The van der Waals surface area contributed by atoms with E-state index < -0.39 is 17.2 Å². The lowest BCUT2D eigenvalue weighted by Crippen LogP contribution is -2.56. The van der Waals surface area contributed by atoms with Crippen LogP contribution in [0.3, 0.4) is 0 Å². The van der Waals surface area contributed by atoms with Crippen LogP contribution in [-0.2, 0) is 22.9 Å². The van der Waals surface area contributed by atoms with Crippen molar-refractivity contribution in [2.75, 3.05) is 31.1 Å². The van der Waals surface area contributed by atoms with Crippen molar-refractivity contribution in [3.63, 3.8) is 0 Å². The van der Waals surface area contributed by atoms with Crippen molar-refractivity contribution in [3.05, 3.63) is 70.5 Å². The first-order chi connectivity index (χ1) is 18.7. The van der Waals surface area contributed by atoms with Crippen LogP contribution in [0.25, 0.3) is 11.3 Å². The van der Waals surface area contributed by atoms with Gasteiger partial charge in [0.2, 0.25) is 11.8 Å². The smallest absolute Gasteiger partial charge is 0.418 e. The Morgan fingerprint density at radius 3 is 2.64 bits per heavy atom. The molecule has 2 aromatic heterocycles. The van der Waals surface area contributed by atoms with Crippen molar-refractivity contribution in [1.82, 2.24) is 14.9 Å². The van der Waals surface area contributed by atoms with Crippen molar-refractivity contribution in [3.8, 4) is 23.2 Å². The summed E-state index contributed by atoms with van der Waals surface area (Å²) in [6.07, 6.45) is -2.38. The number of rotatable bonds is 5. The topological polar surface area (TPSA) is 82.4 Å². The number of aromatic nitrogens is 2. The van der Waals surface area contributed by atoms with Gasteiger partial charge in [-0.2, -0.15) is 18.4 Å². The summed E-state index contributed by atoms with van der Waals surface area (Å²) in [4.78, 5) is 26.1. The number of carbonyl (C=O) groups is 1. The standard InChI is InChI=1S/C28H25ClF3N5O2/c1-2-39-25-19(4-3-12-34-25)22-7-6-20-23(35-22)17-37(15-11-33)26(38)27(20)9-13-36(14-10-27)24-8-5-18(29)16-21(24)28(30,31)32/h3-8,12,16H,2,9-10,13-15,17H2,1H3. The second-order valence-electron chi connectivity index (χ2n) is 9.53. The van der Waals surface area contributed by atoms with Gasteiger partial charge in [0.15, 0.2) is 0 Å². The molecule has 1 spiro atoms. The maximum atomic E-state index is 13.8. The molecule has 1 saturated heterocycles. The summed E-state index contributed by atoms with van der Waals surface area (Å²) in [5.74, 6) is 0.244. The molecular formula is C28H25ClF3N5O2. The molecule has 1 aromatic carbocycles. The van der Waals surface area contributed by atoms with Gasteiger partial charge in [0.25, 0.3) is 0 Å². The SMILES string of the molecule is CCOc1ncccc1-c1ccc2c(n1)CN(CC#N)C(=O)C21CCN(c2ccc(Cl)cc2C(F)(F)F)CC1. The van der Waals surface area contributed by atoms with Crippen LogP contribution in [0.5, 0.6) is 5.88 Å². The van der Waals surface area contributed by atoms with E-state index in [9.17, 15) is 23.2 Å². The summed E-state index contributed by atoms with van der Waals surface area (Å²) in [5, 5.41) is 9.41. The number of alkyl halides is 3. The molecule has 3 aromatic rings. The average molecular weight is 556 g/mol. The third-order valence-corrected chi connectivity index (χ3v) is 7.57. The first-order valence-corrected chi connectivity index (χ1v) is 12.9. The third-order valence-electron chi connectivity index (χ3n) is 7.34. The van der Waals surface area contributed by atoms with Crippen molar-refractivity contribution in [2.24, 2.45) is 0 Å². The molecule has 0 aliphatic carbocycles. The summed E-state index contributed by atoms with van der Waals surface area (Å²) in [5.41, 5.74) is 0.975. The second-order valence-corrected chi connectivity index (χ2v) is 9.96. The van der Waals surface area contributed by atoms with E-state index in [1.807, 2.05) is 25.1 Å². The Balaban J connectivity index is 1.52. The number of pyridine rings is 2. The number of carbonyl (C=O) groups excluding carboxylic acids is 1. The van der Waals surface area contributed by atoms with E-state index in [4.69, 9.17) is 21.3 Å². The number of nitriles is 1. The van der Waals surface area contributed by atoms with Crippen molar-refractivity contribution >= 4 is 23.2 Å². The maximum Gasteiger partial charge on any atom is 0.418 e. The minimum absolute atomic E-state index is 0.00562. The molecule has 0 unspecified atom stereocenters. The molecule has 0 bridgehead atoms. The van der Waals surface area contributed by atoms with E-state index in [0.717, 1.165) is 11.6 Å². The fraction of sp³-hybridized carbons (Fsp3) is 0.357. The lowest BCUT2D eigenvalue weighted by atomic mass is 9.69. The van der Waals surface area contributed by atoms with Gasteiger partial charge in [0, 0.05) is 30.0 Å². The predicted molar refractivity (Wildman–Crippen MR) is 139 cm³/mol. The molecule has 5 rings (SSSR count). The lowest BCUT2D eigenvalue weighted by molar-refractivity contribution is -0.140. The van der Waals surface area contributed by atoms with Crippen molar-refractivity contribution in [1.29, 1.82) is 5.26 Å². The summed E-state index contributed by atoms with van der Waals surface area (Å²) in [6.45, 7) is 2.79. The van der Waals surface area contributed by atoms with Gasteiger partial charge in [-0.15, -0.1) is 0 Å². The van der Waals surface area contributed by atoms with E-state index in [1.54, 1.807) is 17.2 Å². The first-order valence-electron chi connectivity index (χ1n) is 12.5. The highest BCUT2D eigenvalue weighted by Crippen LogP contribution is 2.46. The minimum atomic E-state index is -4.57. The Labute approximate surface area is 228 Å². The zero-order valence-electron chi connectivity index (χ0n) is 21.1. The number of halogens is 4. The summed E-state index contributed by atoms with van der Waals surface area (Å²) in [7, 11) is 0. The van der Waals surface area contributed by atoms with Crippen LogP contribution in [0.4, 0.5) is 18.9 Å². The van der Waals surface area contributed by atoms with Gasteiger partial charge < -0.3 is 14.5 Å². The van der Waals surface area contributed by atoms with Crippen molar-refractivity contribution in [2.45, 2.75) is 37.9 Å². The monoisotopic (exact) mass is 555 g/mol. The number of ether oxygens (including phenoxy) is 1. The van der Waals surface area contributed by atoms with Gasteiger partial charge in [0.1, 0.15) is 6.54 Å². The molecule has 4 heterocycles. The van der Waals surface area contributed by atoms with Crippen LogP contribution >= 0.6 is 11.6 Å². The number of piperidine rings is 1. The van der Waals surface area contributed by atoms with Gasteiger partial charge in [-0.1, -0.05) is 17.7 Å². The van der Waals surface area contributed by atoms with Gasteiger partial charge >= 0.3 is 6.18 Å². The van der Waals surface area contributed by atoms with Gasteiger partial charge in [-0.05, 0) is 61.7 Å². The number of hydrogen-bond donors (Lipinski definition) is 0. The highest BCUT2D eigenvalue weighted by molar-refractivity contribution is 6.30. The Kier molecular flexibility index (Phi) is 7.12. The van der Waals surface area contributed by atoms with Gasteiger partial charge in [0.05, 0.1) is 47.2 Å². The zero-order chi connectivity index (χ0) is 27.8. The zero-order valence-corrected chi connectivity index (χ0v) is 21.9. The fourth-order valence-corrected chi connectivity index (χ4v) is 5.72. The molecule has 0 saturated carbocycles. The van der Waals surface area contributed by atoms with E-state index >= 15 is 0 Å². The Morgan fingerprint density at radius 2 is 1.95 bits per heavy atom. The number of amides is 1. The largest absolute Gasteiger partial charge is 0.477 e. The second kappa shape index (κ2) is 10.4. The summed E-state index contributed by atoms with van der Waals surface area (Å²) >= 11 is 5.87. The molecule has 2 aliphatic heterocycles. The van der Waals surface area contributed by atoms with Crippen LogP contribution in [0, 0.1) is 11.3 Å². The highest BCUT2D eigenvalue weighted by Gasteiger charge is 2.50. The Morgan fingerprint density at radius 1 is 1.18 bits per heavy atom. The molecule has 202 valence electrons. The fourth-order valence-electron chi connectivity index (χ4n) is 5.55. The number of anilines is 1. The molecule has 1 fully saturated rings. The number of fused-ring (bicyclic) bond motifs is 2. The lowest BCUT2D eigenvalue weighted by Gasteiger charge is -2.47. The average Bonchev–Trinajstić information content (AvgIpc) is 2.92. The Bertz CT molecular complexity index is 1450. The molecule has 0 atom stereocenters. The molecule has 2 aliphatic rings. The van der Waals surface area contributed by atoms with Gasteiger partial charge in [-0.3, -0.25) is 9.78 Å². The Hall–Kier alpha value is -3.84. The van der Waals surface area contributed by atoms with E-state index in [-0.39, 0.29) is 55.6 Å². The van der Waals surface area contributed by atoms with Crippen molar-refractivity contribution < 1.29 is 22.7 Å². The molecule has 0 N–H and O–H groups in total. The van der Waals surface area contributed by atoms with E-state index in [2.05, 4.69) is 11.1 Å². The van der Waals surface area contributed by atoms with Crippen LogP contribution in [0.15, 0.2) is 48.7 Å². The molecule has 39 heavy (non-hydrogen) atoms. The number of hydrogen-bond acceptors (Lipinski definition) is 6. The predicted octanol–water partition coefficient (Wildman–Crippen LogP) is 5.62. The van der Waals surface area contributed by atoms with E-state index in [1.165, 1.54) is 17.0 Å². The normalized spacial score (nSPS) is 16.7. The van der Waals surface area contributed by atoms with E-state index in [0.29, 0.717) is 29.4 Å².